The minimum absolute atomic E-state index is 0.0151. The largest absolute Gasteiger partial charge is 0.481 e. The molecule has 0 spiro atoms. The summed E-state index contributed by atoms with van der Waals surface area (Å²) in [5.41, 5.74) is -2.56. The third kappa shape index (κ3) is 3.10. The number of carboxylic acids is 1. The summed E-state index contributed by atoms with van der Waals surface area (Å²) in [6, 6.07) is 0. The normalized spacial score (nSPS) is 31.4. The highest BCUT2D eigenvalue weighted by molar-refractivity contribution is 5.66. The van der Waals surface area contributed by atoms with E-state index < -0.39 is 17.7 Å². The zero-order valence-electron chi connectivity index (χ0n) is 8.76. The number of aliphatic carboxylic acids is 1. The van der Waals surface area contributed by atoms with Gasteiger partial charge in [-0.2, -0.15) is 13.2 Å². The second-order valence-corrected chi connectivity index (χ2v) is 4.41. The van der Waals surface area contributed by atoms with Crippen molar-refractivity contribution in [2.45, 2.75) is 50.3 Å². The number of aliphatic hydroxyl groups is 1. The number of hydrogen-bond donors (Lipinski definition) is 2. The Morgan fingerprint density at radius 3 is 2.19 bits per heavy atom. The average molecular weight is 240 g/mol. The lowest BCUT2D eigenvalue weighted by Gasteiger charge is -2.37. The monoisotopic (exact) mass is 240 g/mol. The van der Waals surface area contributed by atoms with Crippen molar-refractivity contribution < 1.29 is 28.2 Å². The molecule has 0 atom stereocenters. The van der Waals surface area contributed by atoms with Crippen LogP contribution in [0.1, 0.15) is 38.5 Å². The van der Waals surface area contributed by atoms with E-state index in [9.17, 15) is 23.1 Å². The van der Waals surface area contributed by atoms with Gasteiger partial charge in [-0.05, 0) is 38.0 Å². The zero-order chi connectivity index (χ0) is 12.4. The van der Waals surface area contributed by atoms with Crippen molar-refractivity contribution in [2.24, 2.45) is 5.92 Å². The standard InChI is InChI=1S/C10H15F3O3/c11-10(12,13)9(16)5-3-7(4-6-9)1-2-8(14)15/h7,16H,1-6H2,(H,14,15). The van der Waals surface area contributed by atoms with Crippen molar-refractivity contribution in [3.63, 3.8) is 0 Å². The molecule has 0 aromatic carbocycles. The van der Waals surface area contributed by atoms with Crippen LogP contribution in [-0.2, 0) is 4.79 Å². The summed E-state index contributed by atoms with van der Waals surface area (Å²) in [5, 5.41) is 17.8. The van der Waals surface area contributed by atoms with Crippen LogP contribution in [0.4, 0.5) is 13.2 Å². The first-order chi connectivity index (χ1) is 7.24. The van der Waals surface area contributed by atoms with Crippen molar-refractivity contribution >= 4 is 5.97 Å². The third-order valence-corrected chi connectivity index (χ3v) is 3.23. The average Bonchev–Trinajstić information content (AvgIpc) is 2.15. The summed E-state index contributed by atoms with van der Waals surface area (Å²) < 4.78 is 37.3. The molecular weight excluding hydrogens is 225 g/mol. The number of hydrogen-bond acceptors (Lipinski definition) is 2. The Labute approximate surface area is 91.3 Å². The molecule has 94 valence electrons. The fraction of sp³-hybridized carbons (Fsp3) is 0.900. The van der Waals surface area contributed by atoms with E-state index in [-0.39, 0.29) is 38.0 Å². The van der Waals surface area contributed by atoms with Crippen LogP contribution in [0.3, 0.4) is 0 Å². The molecule has 0 saturated heterocycles. The van der Waals surface area contributed by atoms with E-state index in [1.165, 1.54) is 0 Å². The van der Waals surface area contributed by atoms with E-state index >= 15 is 0 Å². The molecule has 1 saturated carbocycles. The number of carboxylic acid groups (broad SMARTS) is 1. The summed E-state index contributed by atoms with van der Waals surface area (Å²) in [6.45, 7) is 0. The minimum Gasteiger partial charge on any atom is -0.481 e. The van der Waals surface area contributed by atoms with Crippen LogP contribution in [0, 0.1) is 5.92 Å². The predicted molar refractivity (Wildman–Crippen MR) is 49.8 cm³/mol. The minimum atomic E-state index is -4.58. The molecule has 0 heterocycles. The van der Waals surface area contributed by atoms with Gasteiger partial charge < -0.3 is 10.2 Å². The van der Waals surface area contributed by atoms with Crippen LogP contribution in [0.25, 0.3) is 0 Å². The molecule has 1 rings (SSSR count). The maximum Gasteiger partial charge on any atom is 0.417 e. The van der Waals surface area contributed by atoms with Crippen molar-refractivity contribution in [3.05, 3.63) is 0 Å². The van der Waals surface area contributed by atoms with Gasteiger partial charge >= 0.3 is 12.1 Å². The first-order valence-corrected chi connectivity index (χ1v) is 5.25. The van der Waals surface area contributed by atoms with E-state index in [0.717, 1.165) is 0 Å². The molecular formula is C10H15F3O3. The highest BCUT2D eigenvalue weighted by atomic mass is 19.4. The third-order valence-electron chi connectivity index (χ3n) is 3.23. The van der Waals surface area contributed by atoms with Crippen molar-refractivity contribution in [2.75, 3.05) is 0 Å². The molecule has 0 aromatic rings. The highest BCUT2D eigenvalue weighted by Gasteiger charge is 2.54. The summed E-state index contributed by atoms with van der Waals surface area (Å²) in [5.74, 6) is -0.949. The molecule has 0 aromatic heterocycles. The predicted octanol–water partition coefficient (Wildman–Crippen LogP) is 2.33. The van der Waals surface area contributed by atoms with Crippen LogP contribution in [0.2, 0.25) is 0 Å². The van der Waals surface area contributed by atoms with Gasteiger partial charge in [0.2, 0.25) is 0 Å². The van der Waals surface area contributed by atoms with Crippen LogP contribution in [0.15, 0.2) is 0 Å². The fourth-order valence-corrected chi connectivity index (χ4v) is 2.05. The van der Waals surface area contributed by atoms with Crippen molar-refractivity contribution in [1.82, 2.24) is 0 Å². The molecule has 0 radical (unpaired) electrons. The van der Waals surface area contributed by atoms with Gasteiger partial charge in [0.05, 0.1) is 0 Å². The van der Waals surface area contributed by atoms with E-state index in [4.69, 9.17) is 5.11 Å². The zero-order valence-corrected chi connectivity index (χ0v) is 8.76. The molecule has 1 aliphatic rings. The smallest absolute Gasteiger partial charge is 0.417 e. The van der Waals surface area contributed by atoms with Crippen LogP contribution < -0.4 is 0 Å². The van der Waals surface area contributed by atoms with Gasteiger partial charge in [0, 0.05) is 6.42 Å². The Bertz CT molecular complexity index is 255. The van der Waals surface area contributed by atoms with Gasteiger partial charge in [0.25, 0.3) is 0 Å². The quantitative estimate of drug-likeness (QED) is 0.796. The van der Waals surface area contributed by atoms with Crippen LogP contribution in [0.5, 0.6) is 0 Å². The maximum absolute atomic E-state index is 12.4. The summed E-state index contributed by atoms with van der Waals surface area (Å²) in [6.07, 6.45) is -4.36. The van der Waals surface area contributed by atoms with Gasteiger partial charge in [0.15, 0.2) is 5.60 Å². The first kappa shape index (κ1) is 13.3. The number of alkyl halides is 3. The lowest BCUT2D eigenvalue weighted by atomic mass is 9.77. The van der Waals surface area contributed by atoms with Gasteiger partial charge in [-0.25, -0.2) is 0 Å². The molecule has 0 bridgehead atoms. The Hall–Kier alpha value is -0.780. The van der Waals surface area contributed by atoms with Crippen molar-refractivity contribution in [1.29, 1.82) is 0 Å². The molecule has 0 aliphatic heterocycles. The Morgan fingerprint density at radius 1 is 1.31 bits per heavy atom. The summed E-state index contributed by atoms with van der Waals surface area (Å²) in [4.78, 5) is 10.3. The topological polar surface area (TPSA) is 57.5 Å². The second-order valence-electron chi connectivity index (χ2n) is 4.41. The number of halogens is 3. The van der Waals surface area contributed by atoms with E-state index in [0.29, 0.717) is 6.42 Å². The Kier molecular flexibility index (Phi) is 3.83. The molecule has 2 N–H and O–H groups in total. The molecule has 6 heteroatoms. The number of rotatable bonds is 3. The van der Waals surface area contributed by atoms with Crippen LogP contribution in [-0.4, -0.2) is 28.0 Å². The van der Waals surface area contributed by atoms with Crippen molar-refractivity contribution in [3.8, 4) is 0 Å². The molecule has 0 amide bonds. The lowest BCUT2D eigenvalue weighted by molar-refractivity contribution is -0.272. The van der Waals surface area contributed by atoms with Gasteiger partial charge in [-0.3, -0.25) is 4.79 Å². The SMILES string of the molecule is O=C(O)CCC1CCC(O)(C(F)(F)F)CC1. The van der Waals surface area contributed by atoms with E-state index in [2.05, 4.69) is 0 Å². The van der Waals surface area contributed by atoms with E-state index in [1.807, 2.05) is 0 Å². The molecule has 1 aliphatic carbocycles. The highest BCUT2D eigenvalue weighted by Crippen LogP contribution is 2.43. The Balaban J connectivity index is 2.42. The molecule has 3 nitrogen and oxygen atoms in total. The second kappa shape index (κ2) is 4.61. The van der Waals surface area contributed by atoms with Gasteiger partial charge in [-0.15, -0.1) is 0 Å². The molecule has 1 fully saturated rings. The maximum atomic E-state index is 12.4. The first-order valence-electron chi connectivity index (χ1n) is 5.25. The molecule has 0 unspecified atom stereocenters. The van der Waals surface area contributed by atoms with Gasteiger partial charge in [-0.1, -0.05) is 0 Å². The van der Waals surface area contributed by atoms with Crippen LogP contribution >= 0.6 is 0 Å². The summed E-state index contributed by atoms with van der Waals surface area (Å²) >= 11 is 0. The van der Waals surface area contributed by atoms with E-state index in [1.54, 1.807) is 0 Å². The molecule has 16 heavy (non-hydrogen) atoms. The summed E-state index contributed by atoms with van der Waals surface area (Å²) in [7, 11) is 0. The van der Waals surface area contributed by atoms with Gasteiger partial charge in [0.1, 0.15) is 0 Å². The number of carbonyl (C=O) groups is 1. The lowest BCUT2D eigenvalue weighted by Crippen LogP contribution is -2.47. The Morgan fingerprint density at radius 2 is 1.81 bits per heavy atom. The fourth-order valence-electron chi connectivity index (χ4n) is 2.05.